The van der Waals surface area contributed by atoms with E-state index in [1.807, 2.05) is 0 Å². The van der Waals surface area contributed by atoms with Crippen molar-refractivity contribution < 1.29 is 5.11 Å². The Hall–Kier alpha value is -1.06. The third-order valence-electron chi connectivity index (χ3n) is 4.10. The van der Waals surface area contributed by atoms with Crippen LogP contribution in [0.5, 0.6) is 0 Å². The summed E-state index contributed by atoms with van der Waals surface area (Å²) in [4.78, 5) is 4.80. The molecule has 1 heterocycles. The summed E-state index contributed by atoms with van der Waals surface area (Å²) in [6, 6.07) is 8.92. The van der Waals surface area contributed by atoms with E-state index in [2.05, 4.69) is 47.9 Å². The Labute approximate surface area is 116 Å². The first-order valence-electron chi connectivity index (χ1n) is 7.43. The summed E-state index contributed by atoms with van der Waals surface area (Å²) >= 11 is 0. The van der Waals surface area contributed by atoms with Gasteiger partial charge in [0, 0.05) is 38.5 Å². The molecule has 1 unspecified atom stereocenters. The SMILES string of the molecule is CCN(CC)c1ccc(CN2CCC(CO)C2)cc1. The average Bonchev–Trinajstić information content (AvgIpc) is 2.90. The third-order valence-corrected chi connectivity index (χ3v) is 4.10. The fourth-order valence-corrected chi connectivity index (χ4v) is 2.86. The Balaban J connectivity index is 1.92. The van der Waals surface area contributed by atoms with Crippen LogP contribution in [-0.4, -0.2) is 42.8 Å². The highest BCUT2D eigenvalue weighted by Crippen LogP contribution is 2.20. The van der Waals surface area contributed by atoms with Crippen LogP contribution in [0.25, 0.3) is 0 Å². The van der Waals surface area contributed by atoms with E-state index in [9.17, 15) is 0 Å². The van der Waals surface area contributed by atoms with Crippen LogP contribution in [0.3, 0.4) is 0 Å². The van der Waals surface area contributed by atoms with Crippen LogP contribution < -0.4 is 4.90 Å². The molecular formula is C16H26N2O. The summed E-state index contributed by atoms with van der Waals surface area (Å²) in [6.45, 7) is 9.98. The fourth-order valence-electron chi connectivity index (χ4n) is 2.86. The van der Waals surface area contributed by atoms with Crippen molar-refractivity contribution in [3.63, 3.8) is 0 Å². The Morgan fingerprint density at radius 2 is 1.89 bits per heavy atom. The lowest BCUT2D eigenvalue weighted by Gasteiger charge is -2.22. The molecule has 3 heteroatoms. The van der Waals surface area contributed by atoms with Gasteiger partial charge in [0.2, 0.25) is 0 Å². The van der Waals surface area contributed by atoms with Crippen LogP contribution >= 0.6 is 0 Å². The molecule has 0 spiro atoms. The lowest BCUT2D eigenvalue weighted by Crippen LogP contribution is -2.22. The number of hydrogen-bond donors (Lipinski definition) is 1. The molecule has 1 saturated heterocycles. The molecule has 19 heavy (non-hydrogen) atoms. The first kappa shape index (κ1) is 14.4. The third kappa shape index (κ3) is 3.71. The normalized spacial score (nSPS) is 19.8. The largest absolute Gasteiger partial charge is 0.396 e. The number of hydrogen-bond acceptors (Lipinski definition) is 3. The van der Waals surface area contributed by atoms with E-state index in [0.717, 1.165) is 39.1 Å². The molecule has 1 aromatic rings. The van der Waals surface area contributed by atoms with E-state index < -0.39 is 0 Å². The van der Waals surface area contributed by atoms with E-state index in [4.69, 9.17) is 5.11 Å². The van der Waals surface area contributed by atoms with Crippen molar-refractivity contribution in [2.45, 2.75) is 26.8 Å². The summed E-state index contributed by atoms with van der Waals surface area (Å²) < 4.78 is 0. The van der Waals surface area contributed by atoms with Crippen LogP contribution in [-0.2, 0) is 6.54 Å². The predicted molar refractivity (Wildman–Crippen MR) is 80.5 cm³/mol. The van der Waals surface area contributed by atoms with Crippen molar-refractivity contribution in [3.8, 4) is 0 Å². The maximum absolute atomic E-state index is 9.17. The summed E-state index contributed by atoms with van der Waals surface area (Å²) in [6.07, 6.45) is 1.13. The van der Waals surface area contributed by atoms with Crippen molar-refractivity contribution in [1.82, 2.24) is 4.90 Å². The van der Waals surface area contributed by atoms with Crippen molar-refractivity contribution in [1.29, 1.82) is 0 Å². The Morgan fingerprint density at radius 1 is 1.21 bits per heavy atom. The number of likely N-dealkylation sites (tertiary alicyclic amines) is 1. The predicted octanol–water partition coefficient (Wildman–Crippen LogP) is 2.35. The van der Waals surface area contributed by atoms with Crippen LogP contribution in [0.1, 0.15) is 25.8 Å². The van der Waals surface area contributed by atoms with Crippen molar-refractivity contribution in [2.75, 3.05) is 37.7 Å². The van der Waals surface area contributed by atoms with Gasteiger partial charge in [-0.2, -0.15) is 0 Å². The quantitative estimate of drug-likeness (QED) is 0.852. The highest BCUT2D eigenvalue weighted by atomic mass is 16.3. The molecule has 1 aromatic carbocycles. The zero-order chi connectivity index (χ0) is 13.7. The van der Waals surface area contributed by atoms with E-state index in [0.29, 0.717) is 12.5 Å². The first-order valence-corrected chi connectivity index (χ1v) is 7.43. The Bertz CT molecular complexity index is 373. The molecule has 0 aromatic heterocycles. The number of anilines is 1. The number of aliphatic hydroxyl groups is 1. The highest BCUT2D eigenvalue weighted by molar-refractivity contribution is 5.47. The van der Waals surface area contributed by atoms with E-state index in [1.54, 1.807) is 0 Å². The second-order valence-electron chi connectivity index (χ2n) is 5.41. The van der Waals surface area contributed by atoms with Crippen LogP contribution in [0, 0.1) is 5.92 Å². The van der Waals surface area contributed by atoms with E-state index in [1.165, 1.54) is 11.3 Å². The lowest BCUT2D eigenvalue weighted by molar-refractivity contribution is 0.220. The first-order chi connectivity index (χ1) is 9.26. The molecule has 1 N–H and O–H groups in total. The van der Waals surface area contributed by atoms with Crippen molar-refractivity contribution in [3.05, 3.63) is 29.8 Å². The maximum Gasteiger partial charge on any atom is 0.0471 e. The van der Waals surface area contributed by atoms with Crippen LogP contribution in [0.15, 0.2) is 24.3 Å². The summed E-state index contributed by atoms with van der Waals surface area (Å²) in [5.74, 6) is 0.481. The van der Waals surface area contributed by atoms with Gasteiger partial charge in [-0.25, -0.2) is 0 Å². The van der Waals surface area contributed by atoms with Gasteiger partial charge in [0.05, 0.1) is 0 Å². The zero-order valence-corrected chi connectivity index (χ0v) is 12.2. The molecule has 106 valence electrons. The monoisotopic (exact) mass is 262 g/mol. The lowest BCUT2D eigenvalue weighted by atomic mass is 10.1. The highest BCUT2D eigenvalue weighted by Gasteiger charge is 2.21. The van der Waals surface area contributed by atoms with Crippen LogP contribution in [0.2, 0.25) is 0 Å². The Kier molecular flexibility index (Phi) is 5.23. The van der Waals surface area contributed by atoms with Gasteiger partial charge in [0.25, 0.3) is 0 Å². The summed E-state index contributed by atoms with van der Waals surface area (Å²) in [5.41, 5.74) is 2.68. The molecule has 0 amide bonds. The molecule has 1 aliphatic rings. The van der Waals surface area contributed by atoms with Gasteiger partial charge in [-0.3, -0.25) is 4.90 Å². The summed E-state index contributed by atoms with van der Waals surface area (Å²) in [5, 5.41) is 9.17. The van der Waals surface area contributed by atoms with Gasteiger partial charge < -0.3 is 10.0 Å². The minimum absolute atomic E-state index is 0.331. The molecule has 0 radical (unpaired) electrons. The van der Waals surface area contributed by atoms with E-state index >= 15 is 0 Å². The molecule has 3 nitrogen and oxygen atoms in total. The van der Waals surface area contributed by atoms with Gasteiger partial charge >= 0.3 is 0 Å². The molecule has 0 bridgehead atoms. The Morgan fingerprint density at radius 3 is 2.42 bits per heavy atom. The smallest absolute Gasteiger partial charge is 0.0471 e. The molecule has 1 atom stereocenters. The molecule has 1 fully saturated rings. The molecule has 1 aliphatic heterocycles. The number of benzene rings is 1. The van der Waals surface area contributed by atoms with Crippen LogP contribution in [0.4, 0.5) is 5.69 Å². The van der Waals surface area contributed by atoms with Gasteiger partial charge in [-0.1, -0.05) is 12.1 Å². The number of aliphatic hydroxyl groups excluding tert-OH is 1. The van der Waals surface area contributed by atoms with Gasteiger partial charge in [-0.15, -0.1) is 0 Å². The molecule has 0 saturated carbocycles. The fraction of sp³-hybridized carbons (Fsp3) is 0.625. The zero-order valence-electron chi connectivity index (χ0n) is 12.2. The average molecular weight is 262 g/mol. The van der Waals surface area contributed by atoms with Gasteiger partial charge in [0.15, 0.2) is 0 Å². The van der Waals surface area contributed by atoms with Gasteiger partial charge in [-0.05, 0) is 50.4 Å². The molecule has 2 rings (SSSR count). The summed E-state index contributed by atoms with van der Waals surface area (Å²) in [7, 11) is 0. The number of rotatable bonds is 6. The van der Waals surface area contributed by atoms with Crippen molar-refractivity contribution in [2.24, 2.45) is 5.92 Å². The van der Waals surface area contributed by atoms with Crippen molar-refractivity contribution >= 4 is 5.69 Å². The topological polar surface area (TPSA) is 26.7 Å². The molecule has 0 aliphatic carbocycles. The molecular weight excluding hydrogens is 236 g/mol. The second-order valence-corrected chi connectivity index (χ2v) is 5.41. The van der Waals surface area contributed by atoms with E-state index in [-0.39, 0.29) is 0 Å². The minimum Gasteiger partial charge on any atom is -0.396 e. The number of nitrogens with zero attached hydrogens (tertiary/aromatic N) is 2. The standard InChI is InChI=1S/C16H26N2O/c1-3-18(4-2)16-7-5-14(6-8-16)11-17-10-9-15(12-17)13-19/h5-8,15,19H,3-4,9-13H2,1-2H3. The maximum atomic E-state index is 9.17. The second kappa shape index (κ2) is 6.92. The minimum atomic E-state index is 0.331. The van der Waals surface area contributed by atoms with Gasteiger partial charge in [0.1, 0.15) is 0 Å².